The first-order valence-electron chi connectivity index (χ1n) is 14.8. The summed E-state index contributed by atoms with van der Waals surface area (Å²) in [5.74, 6) is -4.73. The van der Waals surface area contributed by atoms with Gasteiger partial charge in [0.05, 0.1) is 4.90 Å². The molecular formula is C34H37N3O5S. The third-order valence-corrected chi connectivity index (χ3v) is 9.84. The number of amides is 2. The monoisotopic (exact) mass is 599 g/mol. The van der Waals surface area contributed by atoms with E-state index in [1.807, 2.05) is 42.5 Å². The van der Waals surface area contributed by atoms with Crippen molar-refractivity contribution in [3.8, 4) is 0 Å². The third-order valence-electron chi connectivity index (χ3n) is 8.50. The number of nitrogens with zero attached hydrogens (tertiary/aromatic N) is 1. The fraction of sp³-hybridized carbons (Fsp3) is 0.324. The normalized spacial score (nSPS) is 15.6. The number of hydrogen-bond acceptors (Lipinski definition) is 6. The second-order valence-corrected chi connectivity index (χ2v) is 12.7. The van der Waals surface area contributed by atoms with Gasteiger partial charge in [0.25, 0.3) is 10.0 Å². The number of ketones is 1. The highest BCUT2D eigenvalue weighted by atomic mass is 32.2. The quantitative estimate of drug-likeness (QED) is 0.200. The summed E-state index contributed by atoms with van der Waals surface area (Å²) in [4.78, 5) is 44.3. The van der Waals surface area contributed by atoms with E-state index < -0.39 is 33.7 Å². The zero-order valence-electron chi connectivity index (χ0n) is 24.5. The van der Waals surface area contributed by atoms with Gasteiger partial charge in [0.2, 0.25) is 11.8 Å². The summed E-state index contributed by atoms with van der Waals surface area (Å²) in [6.07, 6.45) is 1.15. The molecule has 0 saturated carbocycles. The van der Waals surface area contributed by atoms with Crippen LogP contribution in [0.25, 0.3) is 21.5 Å². The van der Waals surface area contributed by atoms with Crippen molar-refractivity contribution in [3.05, 3.63) is 90.5 Å². The Labute approximate surface area is 252 Å². The first-order valence-corrected chi connectivity index (χ1v) is 16.3. The van der Waals surface area contributed by atoms with Crippen LogP contribution in [-0.2, 0) is 19.6 Å². The van der Waals surface area contributed by atoms with Gasteiger partial charge >= 0.3 is 0 Å². The molecule has 1 heterocycles. The second-order valence-electron chi connectivity index (χ2n) is 11.0. The van der Waals surface area contributed by atoms with Gasteiger partial charge in [-0.05, 0) is 79.4 Å². The van der Waals surface area contributed by atoms with Gasteiger partial charge in [-0.2, -0.15) is 0 Å². The van der Waals surface area contributed by atoms with Crippen LogP contribution in [0.4, 0.5) is 0 Å². The van der Waals surface area contributed by atoms with E-state index in [-0.39, 0.29) is 16.6 Å². The molecule has 8 nitrogen and oxygen atoms in total. The van der Waals surface area contributed by atoms with Crippen molar-refractivity contribution in [2.75, 3.05) is 26.2 Å². The van der Waals surface area contributed by atoms with Crippen LogP contribution >= 0.6 is 0 Å². The first kappa shape index (κ1) is 30.4. The number of Topliss-reactive ketones (excluding diaryl/α,β-unsaturated/α-hetero) is 1. The van der Waals surface area contributed by atoms with Gasteiger partial charge < -0.3 is 10.2 Å². The van der Waals surface area contributed by atoms with Crippen LogP contribution in [0.15, 0.2) is 89.8 Å². The van der Waals surface area contributed by atoms with Crippen LogP contribution < -0.4 is 10.0 Å². The van der Waals surface area contributed by atoms with Gasteiger partial charge in [0.15, 0.2) is 5.78 Å². The Morgan fingerprint density at radius 2 is 1.47 bits per heavy atom. The Morgan fingerprint density at radius 1 is 0.837 bits per heavy atom. The Bertz CT molecular complexity index is 1760. The molecule has 1 saturated heterocycles. The fourth-order valence-corrected chi connectivity index (χ4v) is 7.25. The zero-order valence-corrected chi connectivity index (χ0v) is 25.3. The lowest BCUT2D eigenvalue weighted by Crippen LogP contribution is -2.52. The summed E-state index contributed by atoms with van der Waals surface area (Å²) in [7, 11) is -4.35. The van der Waals surface area contributed by atoms with Crippen molar-refractivity contribution in [2.24, 2.45) is 17.8 Å². The molecule has 1 fully saturated rings. The van der Waals surface area contributed by atoms with Crippen LogP contribution in [0.2, 0.25) is 0 Å². The molecule has 4 aromatic rings. The molecule has 0 aliphatic carbocycles. The molecule has 1 aliphatic rings. The molecule has 43 heavy (non-hydrogen) atoms. The molecule has 2 unspecified atom stereocenters. The van der Waals surface area contributed by atoms with Gasteiger partial charge in [0.1, 0.15) is 5.92 Å². The van der Waals surface area contributed by atoms with E-state index in [0.717, 1.165) is 16.2 Å². The molecule has 0 bridgehead atoms. The largest absolute Gasteiger partial charge is 0.343 e. The molecule has 4 aromatic carbocycles. The number of fused-ring (bicyclic) bond motifs is 2. The second kappa shape index (κ2) is 13.1. The average Bonchev–Trinajstić information content (AvgIpc) is 3.03. The Morgan fingerprint density at radius 3 is 2.16 bits per heavy atom. The highest BCUT2D eigenvalue weighted by molar-refractivity contribution is 7.90. The maximum absolute atomic E-state index is 14.6. The number of carbonyl (C=O) groups is 3. The highest BCUT2D eigenvalue weighted by Gasteiger charge is 2.46. The Kier molecular flexibility index (Phi) is 9.22. The minimum atomic E-state index is -4.35. The molecule has 2 N–H and O–H groups in total. The van der Waals surface area contributed by atoms with E-state index in [9.17, 15) is 22.8 Å². The van der Waals surface area contributed by atoms with E-state index in [1.165, 1.54) is 17.0 Å². The lowest BCUT2D eigenvalue weighted by Gasteiger charge is -2.36. The zero-order chi connectivity index (χ0) is 30.6. The van der Waals surface area contributed by atoms with Crippen LogP contribution in [0.3, 0.4) is 0 Å². The van der Waals surface area contributed by atoms with E-state index in [1.54, 1.807) is 44.2 Å². The smallest absolute Gasteiger partial charge is 0.264 e. The minimum Gasteiger partial charge on any atom is -0.343 e. The molecule has 0 spiro atoms. The average molecular weight is 600 g/mol. The number of benzene rings is 4. The van der Waals surface area contributed by atoms with E-state index in [2.05, 4.69) is 10.0 Å². The summed E-state index contributed by atoms with van der Waals surface area (Å²) in [6, 6.07) is 24.9. The third kappa shape index (κ3) is 6.33. The standard InChI is InChI=1S/C34H37N3O5S/c1-3-37(4-2)34(40)31(33(39)36-43(41,42)27-17-16-23-10-5-6-12-26(23)22-27)30(25-18-20-35-21-19-25)32(38)29-15-9-13-24-11-7-8-14-28(24)29/h5-17,22,25,30-31,35H,3-4,18-21H2,1-2H3,(H,36,39). The van der Waals surface area contributed by atoms with Gasteiger partial charge in [-0.3, -0.25) is 14.4 Å². The maximum atomic E-state index is 14.6. The first-order chi connectivity index (χ1) is 20.7. The van der Waals surface area contributed by atoms with E-state index >= 15 is 0 Å². The van der Waals surface area contributed by atoms with E-state index in [4.69, 9.17) is 0 Å². The van der Waals surface area contributed by atoms with Gasteiger partial charge in [0, 0.05) is 24.6 Å². The topological polar surface area (TPSA) is 113 Å². The summed E-state index contributed by atoms with van der Waals surface area (Å²) >= 11 is 0. The Hall–Kier alpha value is -4.08. The number of piperidine rings is 1. The predicted molar refractivity (Wildman–Crippen MR) is 168 cm³/mol. The number of carbonyl (C=O) groups excluding carboxylic acids is 3. The number of rotatable bonds is 10. The van der Waals surface area contributed by atoms with Crippen molar-refractivity contribution in [1.82, 2.24) is 14.9 Å². The van der Waals surface area contributed by atoms with Gasteiger partial charge in [-0.1, -0.05) is 72.8 Å². The summed E-state index contributed by atoms with van der Waals surface area (Å²) in [6.45, 7) is 5.50. The van der Waals surface area contributed by atoms with Crippen molar-refractivity contribution in [3.63, 3.8) is 0 Å². The van der Waals surface area contributed by atoms with Crippen LogP contribution in [-0.4, -0.2) is 57.1 Å². The van der Waals surface area contributed by atoms with Crippen LogP contribution in [0.5, 0.6) is 0 Å². The Balaban J connectivity index is 1.59. The van der Waals surface area contributed by atoms with Crippen molar-refractivity contribution >= 4 is 49.2 Å². The minimum absolute atomic E-state index is 0.0904. The summed E-state index contributed by atoms with van der Waals surface area (Å²) in [5.41, 5.74) is 0.421. The molecule has 2 atom stereocenters. The number of hydrogen-bond donors (Lipinski definition) is 2. The molecule has 2 amide bonds. The van der Waals surface area contributed by atoms with Crippen molar-refractivity contribution in [2.45, 2.75) is 31.6 Å². The van der Waals surface area contributed by atoms with Gasteiger partial charge in [-0.25, -0.2) is 13.1 Å². The maximum Gasteiger partial charge on any atom is 0.264 e. The fourth-order valence-electron chi connectivity index (χ4n) is 6.21. The molecule has 5 rings (SSSR count). The van der Waals surface area contributed by atoms with Crippen LogP contribution in [0.1, 0.15) is 37.0 Å². The molecule has 224 valence electrons. The predicted octanol–water partition coefficient (Wildman–Crippen LogP) is 4.78. The molecule has 9 heteroatoms. The van der Waals surface area contributed by atoms with Gasteiger partial charge in [-0.15, -0.1) is 0 Å². The number of sulfonamides is 1. The van der Waals surface area contributed by atoms with Crippen LogP contribution in [0, 0.1) is 17.8 Å². The number of nitrogens with one attached hydrogen (secondary N) is 2. The molecule has 1 aliphatic heterocycles. The molecular weight excluding hydrogens is 562 g/mol. The van der Waals surface area contributed by atoms with E-state index in [0.29, 0.717) is 50.0 Å². The summed E-state index contributed by atoms with van der Waals surface area (Å²) < 4.78 is 29.4. The van der Waals surface area contributed by atoms with Crippen molar-refractivity contribution in [1.29, 1.82) is 0 Å². The molecule has 0 radical (unpaired) electrons. The highest BCUT2D eigenvalue weighted by Crippen LogP contribution is 2.35. The lowest BCUT2D eigenvalue weighted by atomic mass is 9.71. The van der Waals surface area contributed by atoms with Crippen molar-refractivity contribution < 1.29 is 22.8 Å². The lowest BCUT2D eigenvalue weighted by molar-refractivity contribution is -0.144. The molecule has 0 aromatic heterocycles. The summed E-state index contributed by atoms with van der Waals surface area (Å²) in [5, 5.41) is 6.45. The SMILES string of the molecule is CCN(CC)C(=O)C(C(=O)NS(=O)(=O)c1ccc2ccccc2c1)C(C(=O)c1cccc2ccccc12)C1CCNCC1.